The summed E-state index contributed by atoms with van der Waals surface area (Å²) in [6, 6.07) is -1.82. The molecule has 50 heavy (non-hydrogen) atoms. The number of nitrogens with zero attached hydrogens (tertiary/aromatic N) is 4. The van der Waals surface area contributed by atoms with E-state index in [1.54, 1.807) is 33.4 Å². The number of likely N-dealkylation sites (tertiary alicyclic amines) is 4. The smallest absolute Gasteiger partial charge is 0.306 e. The van der Waals surface area contributed by atoms with Crippen molar-refractivity contribution in [2.24, 2.45) is 0 Å². The molecule has 0 unspecified atom stereocenters. The molecule has 4 rings (SSSR count). The first kappa shape index (κ1) is 40.6. The monoisotopic (exact) mass is 704 g/mol. The Hall–Kier alpha value is -3.84. The zero-order valence-corrected chi connectivity index (χ0v) is 30.3. The third kappa shape index (κ3) is 10.8. The van der Waals surface area contributed by atoms with E-state index in [0.29, 0.717) is 71.5 Å². The lowest BCUT2D eigenvalue weighted by molar-refractivity contribution is -0.147. The topological polar surface area (TPSA) is 168 Å². The fraction of sp³-hybridized carbons (Fsp3) is 0.778. The molecule has 4 aliphatic rings. The molecule has 0 N–H and O–H groups in total. The molecule has 0 aromatic rings. The van der Waals surface area contributed by atoms with Gasteiger partial charge in [0, 0.05) is 52.4 Å². The molecule has 4 amide bonds. The molecule has 4 heterocycles. The molecule has 0 aliphatic carbocycles. The van der Waals surface area contributed by atoms with Crippen molar-refractivity contribution in [2.45, 2.75) is 142 Å². The van der Waals surface area contributed by atoms with Gasteiger partial charge in [0.2, 0.25) is 23.6 Å². The number of esters is 2. The van der Waals surface area contributed by atoms with Crippen LogP contribution in [0.15, 0.2) is 0 Å². The summed E-state index contributed by atoms with van der Waals surface area (Å²) in [5.74, 6) is -1.28. The zero-order chi connectivity index (χ0) is 36.8. The van der Waals surface area contributed by atoms with Gasteiger partial charge < -0.3 is 29.1 Å². The highest BCUT2D eigenvalue weighted by atomic mass is 16.5. The van der Waals surface area contributed by atoms with Crippen LogP contribution in [0, 0.1) is 0 Å². The van der Waals surface area contributed by atoms with E-state index in [0.717, 1.165) is 32.1 Å². The van der Waals surface area contributed by atoms with Crippen molar-refractivity contribution in [3.8, 4) is 0 Å². The molecule has 4 atom stereocenters. The van der Waals surface area contributed by atoms with Gasteiger partial charge in [0.05, 0.1) is 38.1 Å². The number of rotatable bonds is 14. The highest BCUT2D eigenvalue weighted by molar-refractivity contribution is 5.95. The predicted molar refractivity (Wildman–Crippen MR) is 181 cm³/mol. The maximum Gasteiger partial charge on any atom is 0.306 e. The molecule has 4 fully saturated rings. The Morgan fingerprint density at radius 3 is 1.28 bits per heavy atom. The second kappa shape index (κ2) is 20.1. The first-order chi connectivity index (χ1) is 23.9. The summed E-state index contributed by atoms with van der Waals surface area (Å²) >= 11 is 0. The van der Waals surface area contributed by atoms with Gasteiger partial charge >= 0.3 is 11.9 Å². The molecule has 4 aliphatic heterocycles. The third-order valence-corrected chi connectivity index (χ3v) is 9.84. The summed E-state index contributed by atoms with van der Waals surface area (Å²) in [5, 5.41) is 0. The minimum Gasteiger partial charge on any atom is -0.466 e. The molecule has 0 saturated carbocycles. The average molecular weight is 705 g/mol. The quantitative estimate of drug-likeness (QED) is 0.245. The van der Waals surface area contributed by atoms with E-state index >= 15 is 0 Å². The third-order valence-electron chi connectivity index (χ3n) is 9.84. The van der Waals surface area contributed by atoms with Gasteiger partial charge in [0.25, 0.3) is 0 Å². The van der Waals surface area contributed by atoms with Crippen molar-refractivity contribution in [3.05, 3.63) is 0 Å². The zero-order valence-electron chi connectivity index (χ0n) is 30.3. The lowest BCUT2D eigenvalue weighted by atomic mass is 10.0. The van der Waals surface area contributed by atoms with Crippen molar-refractivity contribution in [1.82, 2.24) is 19.6 Å². The van der Waals surface area contributed by atoms with E-state index in [9.17, 15) is 38.4 Å². The lowest BCUT2D eigenvalue weighted by Gasteiger charge is -2.31. The van der Waals surface area contributed by atoms with E-state index in [1.165, 1.54) is 6.92 Å². The first-order valence-electron chi connectivity index (χ1n) is 18.5. The molecular weight excluding hydrogens is 648 g/mol. The fourth-order valence-corrected chi connectivity index (χ4v) is 7.44. The predicted octanol–water partition coefficient (Wildman–Crippen LogP) is 2.58. The van der Waals surface area contributed by atoms with Crippen molar-refractivity contribution >= 4 is 47.1 Å². The molecular formula is C36H56N4O10. The van der Waals surface area contributed by atoms with Crippen LogP contribution in [0.5, 0.6) is 0 Å². The van der Waals surface area contributed by atoms with Gasteiger partial charge in [-0.3, -0.25) is 38.4 Å². The Kier molecular flexibility index (Phi) is 16.3. The second-order valence-corrected chi connectivity index (χ2v) is 13.3. The molecule has 0 radical (unpaired) electrons. The van der Waals surface area contributed by atoms with E-state index < -0.39 is 24.2 Å². The fourth-order valence-electron chi connectivity index (χ4n) is 7.44. The normalized spacial score (nSPS) is 23.0. The SMILES string of the molecule is CCCC(=O)N1CCC[C@H]1C(=O)N1CCC[C@H]1C(=O)CCC(=O)OCC.CCOC(=O)CCC(=O)[C@@H]1CCCN1C(=O)[C@@H]1CCCN1C(C)=O. The van der Waals surface area contributed by atoms with Crippen molar-refractivity contribution in [2.75, 3.05) is 39.4 Å². The van der Waals surface area contributed by atoms with Crippen LogP contribution >= 0.6 is 0 Å². The van der Waals surface area contributed by atoms with Crippen LogP contribution in [0.4, 0.5) is 0 Å². The summed E-state index contributed by atoms with van der Waals surface area (Å²) in [7, 11) is 0. The van der Waals surface area contributed by atoms with Gasteiger partial charge in [-0.15, -0.1) is 0 Å². The van der Waals surface area contributed by atoms with Gasteiger partial charge in [0.15, 0.2) is 11.6 Å². The van der Waals surface area contributed by atoms with Crippen LogP contribution in [0.2, 0.25) is 0 Å². The minimum absolute atomic E-state index is 0.0211. The Labute approximate surface area is 295 Å². The van der Waals surface area contributed by atoms with Gasteiger partial charge in [-0.1, -0.05) is 6.92 Å². The van der Waals surface area contributed by atoms with Crippen molar-refractivity contribution in [3.63, 3.8) is 0 Å². The minimum atomic E-state index is -0.472. The number of hydrogen-bond acceptors (Lipinski definition) is 10. The van der Waals surface area contributed by atoms with Gasteiger partial charge in [-0.25, -0.2) is 0 Å². The number of ketones is 2. The summed E-state index contributed by atoms with van der Waals surface area (Å²) < 4.78 is 9.69. The Morgan fingerprint density at radius 2 is 0.880 bits per heavy atom. The van der Waals surface area contributed by atoms with Crippen LogP contribution in [0.1, 0.15) is 118 Å². The standard InChI is InChI=1S/C19H30N2O5.C17H26N2O5/c1-3-7-17(23)20-12-6-9-15(20)19(25)21-13-5-8-14(21)16(22)10-11-18(24)26-4-2;1-3-24-16(22)9-8-15(21)13-6-4-11-19(13)17(23)14-7-5-10-18(14)12(2)20/h14-15H,3-13H2,1-2H3;13-14H,3-11H2,1-2H3/t14-,15-;13-,14-/m00/s1. The largest absolute Gasteiger partial charge is 0.466 e. The van der Waals surface area contributed by atoms with Crippen LogP contribution in [0.25, 0.3) is 0 Å². The molecule has 4 saturated heterocycles. The average Bonchev–Trinajstić information content (AvgIpc) is 3.92. The van der Waals surface area contributed by atoms with Crippen LogP contribution < -0.4 is 0 Å². The maximum atomic E-state index is 13.0. The number of ether oxygens (including phenoxy) is 2. The Bertz CT molecular complexity index is 1260. The molecule has 0 aromatic heterocycles. The van der Waals surface area contributed by atoms with Crippen molar-refractivity contribution in [1.29, 1.82) is 0 Å². The molecule has 0 bridgehead atoms. The summed E-state index contributed by atoms with van der Waals surface area (Å²) in [5.41, 5.74) is 0. The number of hydrogen-bond donors (Lipinski definition) is 0. The lowest BCUT2D eigenvalue weighted by Crippen LogP contribution is -2.51. The van der Waals surface area contributed by atoms with E-state index in [1.807, 2.05) is 6.92 Å². The Balaban J connectivity index is 0.000000271. The first-order valence-corrected chi connectivity index (χ1v) is 18.5. The highest BCUT2D eigenvalue weighted by Gasteiger charge is 2.43. The second-order valence-electron chi connectivity index (χ2n) is 13.3. The van der Waals surface area contributed by atoms with Crippen LogP contribution in [-0.4, -0.2) is 130 Å². The maximum absolute atomic E-state index is 13.0. The van der Waals surface area contributed by atoms with Gasteiger partial charge in [0.1, 0.15) is 12.1 Å². The van der Waals surface area contributed by atoms with Gasteiger partial charge in [-0.05, 0) is 71.6 Å². The number of carbonyl (C=O) groups excluding carboxylic acids is 8. The number of carbonyl (C=O) groups is 8. The number of Topliss-reactive ketones (excluding diaryl/α,β-unsaturated/α-hetero) is 2. The molecule has 0 spiro atoms. The van der Waals surface area contributed by atoms with Crippen LogP contribution in [0.3, 0.4) is 0 Å². The van der Waals surface area contributed by atoms with Crippen LogP contribution in [-0.2, 0) is 47.8 Å². The molecule has 280 valence electrons. The van der Waals surface area contributed by atoms with E-state index in [4.69, 9.17) is 9.47 Å². The van der Waals surface area contributed by atoms with Crippen molar-refractivity contribution < 1.29 is 47.8 Å². The molecule has 0 aromatic carbocycles. The number of amides is 4. The summed E-state index contributed by atoms with van der Waals surface area (Å²) in [6.45, 7) is 9.75. The summed E-state index contributed by atoms with van der Waals surface area (Å²) in [6.07, 6.45) is 7.24. The highest BCUT2D eigenvalue weighted by Crippen LogP contribution is 2.28. The van der Waals surface area contributed by atoms with Gasteiger partial charge in [-0.2, -0.15) is 0 Å². The molecule has 14 nitrogen and oxygen atoms in total. The van der Waals surface area contributed by atoms with E-state index in [-0.39, 0.29) is 72.8 Å². The Morgan fingerprint density at radius 1 is 0.500 bits per heavy atom. The summed E-state index contributed by atoms with van der Waals surface area (Å²) in [4.78, 5) is 104. The van der Waals surface area contributed by atoms with E-state index in [2.05, 4.69) is 0 Å². The molecule has 14 heteroatoms.